The van der Waals surface area contributed by atoms with Crippen molar-refractivity contribution >= 4 is 5.97 Å². The van der Waals surface area contributed by atoms with E-state index >= 15 is 0 Å². The SMILES string of the molecule is CC(N)(N)C(N)(N)C(=O)O. The molecule has 0 spiro atoms. The molecule has 0 saturated heterocycles. The van der Waals surface area contributed by atoms with Crippen LogP contribution in [0, 0.1) is 0 Å². The molecule has 0 unspecified atom stereocenters. The molecule has 0 aliphatic heterocycles. The molecule has 0 aromatic carbocycles. The van der Waals surface area contributed by atoms with Gasteiger partial charge in [0.05, 0.1) is 0 Å². The summed E-state index contributed by atoms with van der Waals surface area (Å²) in [5.74, 6) is -1.43. The summed E-state index contributed by atoms with van der Waals surface area (Å²) in [6.07, 6.45) is 0. The van der Waals surface area contributed by atoms with Crippen LogP contribution in [0.1, 0.15) is 6.92 Å². The summed E-state index contributed by atoms with van der Waals surface area (Å²) in [7, 11) is 0. The first-order valence-electron chi connectivity index (χ1n) is 2.58. The Morgan fingerprint density at radius 2 is 1.60 bits per heavy atom. The Morgan fingerprint density at radius 1 is 1.30 bits per heavy atom. The van der Waals surface area contributed by atoms with Gasteiger partial charge in [-0.05, 0) is 6.92 Å². The van der Waals surface area contributed by atoms with Crippen LogP contribution < -0.4 is 22.9 Å². The van der Waals surface area contributed by atoms with Crippen molar-refractivity contribution in [3.05, 3.63) is 0 Å². The molecule has 60 valence electrons. The Bertz CT molecular complexity index is 148. The van der Waals surface area contributed by atoms with Gasteiger partial charge in [-0.3, -0.25) is 0 Å². The van der Waals surface area contributed by atoms with E-state index in [9.17, 15) is 4.79 Å². The fourth-order valence-corrected chi connectivity index (χ4v) is 0.230. The van der Waals surface area contributed by atoms with Crippen molar-refractivity contribution < 1.29 is 9.90 Å². The van der Waals surface area contributed by atoms with Crippen molar-refractivity contribution in [3.63, 3.8) is 0 Å². The van der Waals surface area contributed by atoms with Crippen molar-refractivity contribution in [3.8, 4) is 0 Å². The molecule has 0 aliphatic carbocycles. The maximum Gasteiger partial charge on any atom is 0.341 e. The summed E-state index contributed by atoms with van der Waals surface area (Å²) in [6, 6.07) is 0. The zero-order valence-electron chi connectivity index (χ0n) is 5.66. The summed E-state index contributed by atoms with van der Waals surface area (Å²) in [5.41, 5.74) is 16.7. The van der Waals surface area contributed by atoms with Gasteiger partial charge < -0.3 is 28.0 Å². The van der Waals surface area contributed by atoms with Gasteiger partial charge in [0.2, 0.25) is 0 Å². The van der Waals surface area contributed by atoms with Crippen molar-refractivity contribution in [2.75, 3.05) is 0 Å². The lowest BCUT2D eigenvalue weighted by Gasteiger charge is -2.32. The molecule has 0 saturated carbocycles. The topological polar surface area (TPSA) is 141 Å². The average Bonchev–Trinajstić information content (AvgIpc) is 1.62. The zero-order valence-corrected chi connectivity index (χ0v) is 5.66. The molecule has 0 atom stereocenters. The second-order valence-electron chi connectivity index (χ2n) is 2.46. The Balaban J connectivity index is 4.57. The molecule has 0 radical (unpaired) electrons. The van der Waals surface area contributed by atoms with Crippen molar-refractivity contribution in [2.24, 2.45) is 22.9 Å². The summed E-state index contributed by atoms with van der Waals surface area (Å²) < 4.78 is 0. The highest BCUT2D eigenvalue weighted by atomic mass is 16.4. The molecule has 0 aromatic rings. The fraction of sp³-hybridized carbons (Fsp3) is 0.750. The van der Waals surface area contributed by atoms with Crippen LogP contribution in [-0.2, 0) is 4.79 Å². The van der Waals surface area contributed by atoms with E-state index in [1.807, 2.05) is 0 Å². The van der Waals surface area contributed by atoms with Crippen LogP contribution in [-0.4, -0.2) is 22.4 Å². The lowest BCUT2D eigenvalue weighted by atomic mass is 9.99. The number of carbonyl (C=O) groups is 1. The van der Waals surface area contributed by atoms with Gasteiger partial charge in [0.15, 0.2) is 5.66 Å². The van der Waals surface area contributed by atoms with Crippen LogP contribution in [0.4, 0.5) is 0 Å². The van der Waals surface area contributed by atoms with E-state index in [0.29, 0.717) is 0 Å². The second-order valence-corrected chi connectivity index (χ2v) is 2.46. The van der Waals surface area contributed by atoms with Gasteiger partial charge in [-0.15, -0.1) is 0 Å². The minimum Gasteiger partial charge on any atom is -0.479 e. The Kier molecular flexibility index (Phi) is 2.02. The Labute approximate surface area is 58.1 Å². The maximum atomic E-state index is 10.3. The predicted molar refractivity (Wildman–Crippen MR) is 35.5 cm³/mol. The molecular formula is C4H12N4O2. The van der Waals surface area contributed by atoms with E-state index in [1.54, 1.807) is 0 Å². The first kappa shape index (κ1) is 9.31. The minimum atomic E-state index is -2.09. The molecule has 0 heterocycles. The lowest BCUT2D eigenvalue weighted by Crippen LogP contribution is -2.78. The number of rotatable bonds is 2. The van der Waals surface area contributed by atoms with Crippen molar-refractivity contribution in [1.29, 1.82) is 0 Å². The van der Waals surface area contributed by atoms with Crippen LogP contribution >= 0.6 is 0 Å². The third-order valence-corrected chi connectivity index (χ3v) is 1.25. The van der Waals surface area contributed by atoms with E-state index in [2.05, 4.69) is 0 Å². The van der Waals surface area contributed by atoms with E-state index in [4.69, 9.17) is 28.0 Å². The highest BCUT2D eigenvalue weighted by Crippen LogP contribution is 2.03. The number of carboxylic acids is 1. The lowest BCUT2D eigenvalue weighted by molar-refractivity contribution is -0.145. The van der Waals surface area contributed by atoms with Gasteiger partial charge in [0.25, 0.3) is 0 Å². The first-order valence-corrected chi connectivity index (χ1v) is 2.58. The smallest absolute Gasteiger partial charge is 0.341 e. The largest absolute Gasteiger partial charge is 0.479 e. The zero-order chi connectivity index (χ0) is 8.58. The number of nitrogens with two attached hydrogens (primary N) is 4. The monoisotopic (exact) mass is 148 g/mol. The van der Waals surface area contributed by atoms with E-state index < -0.39 is 17.3 Å². The number of aliphatic carboxylic acids is 1. The van der Waals surface area contributed by atoms with Crippen LogP contribution in [0.25, 0.3) is 0 Å². The van der Waals surface area contributed by atoms with Crippen LogP contribution in [0.15, 0.2) is 0 Å². The molecule has 0 amide bonds. The van der Waals surface area contributed by atoms with Gasteiger partial charge in [0.1, 0.15) is 5.66 Å². The third kappa shape index (κ3) is 1.42. The molecule has 10 heavy (non-hydrogen) atoms. The van der Waals surface area contributed by atoms with Crippen LogP contribution in [0.2, 0.25) is 0 Å². The quantitative estimate of drug-likeness (QED) is 0.270. The standard InChI is InChI=1S/C4H12N4O2/c1-3(5,6)4(7,8)2(9)10/h5-8H2,1H3,(H,9,10). The molecule has 6 nitrogen and oxygen atoms in total. The minimum absolute atomic E-state index is 1.24. The Hall–Kier alpha value is -0.690. The second kappa shape index (κ2) is 2.17. The highest BCUT2D eigenvalue weighted by Gasteiger charge is 2.43. The molecule has 0 aromatic heterocycles. The Morgan fingerprint density at radius 3 is 1.60 bits per heavy atom. The van der Waals surface area contributed by atoms with Crippen molar-refractivity contribution in [2.45, 2.75) is 18.2 Å². The number of carboxylic acid groups (broad SMARTS) is 1. The molecular weight excluding hydrogens is 136 g/mol. The number of hydrogen-bond donors (Lipinski definition) is 5. The van der Waals surface area contributed by atoms with Gasteiger partial charge in [-0.25, -0.2) is 4.79 Å². The summed E-state index contributed by atoms with van der Waals surface area (Å²) in [6.45, 7) is 1.24. The molecule has 0 rings (SSSR count). The average molecular weight is 148 g/mol. The van der Waals surface area contributed by atoms with Crippen LogP contribution in [0.5, 0.6) is 0 Å². The molecule has 0 bridgehead atoms. The molecule has 9 N–H and O–H groups in total. The highest BCUT2D eigenvalue weighted by molar-refractivity contribution is 5.79. The van der Waals surface area contributed by atoms with E-state index in [-0.39, 0.29) is 0 Å². The summed E-state index contributed by atoms with van der Waals surface area (Å²) in [5, 5.41) is 8.37. The third-order valence-electron chi connectivity index (χ3n) is 1.25. The van der Waals surface area contributed by atoms with Gasteiger partial charge >= 0.3 is 5.97 Å². The summed E-state index contributed by atoms with van der Waals surface area (Å²) in [4.78, 5) is 10.3. The predicted octanol–water partition coefficient (Wildman–Crippen LogP) is -2.68. The number of hydrogen-bond acceptors (Lipinski definition) is 5. The fourth-order valence-electron chi connectivity index (χ4n) is 0.230. The van der Waals surface area contributed by atoms with Gasteiger partial charge in [0, 0.05) is 0 Å². The normalized spacial score (nSPS) is 13.3. The van der Waals surface area contributed by atoms with E-state index in [0.717, 1.165) is 0 Å². The molecule has 0 aliphatic rings. The first-order chi connectivity index (χ1) is 4.19. The maximum absolute atomic E-state index is 10.3. The summed E-state index contributed by atoms with van der Waals surface area (Å²) >= 11 is 0. The molecule has 6 heteroatoms. The van der Waals surface area contributed by atoms with E-state index in [1.165, 1.54) is 6.92 Å². The van der Waals surface area contributed by atoms with Gasteiger partial charge in [-0.2, -0.15) is 0 Å². The molecule has 0 fully saturated rings. The van der Waals surface area contributed by atoms with Crippen LogP contribution in [0.3, 0.4) is 0 Å². The van der Waals surface area contributed by atoms with Gasteiger partial charge in [-0.1, -0.05) is 0 Å². The van der Waals surface area contributed by atoms with Crippen molar-refractivity contribution in [1.82, 2.24) is 0 Å².